The van der Waals surface area contributed by atoms with Crippen LogP contribution in [0.2, 0.25) is 0 Å². The predicted octanol–water partition coefficient (Wildman–Crippen LogP) is 2.07. The number of carbonyl (C=O) groups is 3. The van der Waals surface area contributed by atoms with Crippen molar-refractivity contribution in [2.75, 3.05) is 13.1 Å². The van der Waals surface area contributed by atoms with Crippen molar-refractivity contribution in [3.05, 3.63) is 35.4 Å². The zero-order valence-electron chi connectivity index (χ0n) is 14.7. The van der Waals surface area contributed by atoms with Crippen molar-refractivity contribution < 1.29 is 14.4 Å². The van der Waals surface area contributed by atoms with Gasteiger partial charge < -0.3 is 10.2 Å². The average molecular weight is 343 g/mol. The monoisotopic (exact) mass is 343 g/mol. The third-order valence-corrected chi connectivity index (χ3v) is 4.94. The fourth-order valence-corrected chi connectivity index (χ4v) is 3.48. The first-order valence-electron chi connectivity index (χ1n) is 9.07. The van der Waals surface area contributed by atoms with Crippen LogP contribution in [0.4, 0.5) is 4.79 Å². The summed E-state index contributed by atoms with van der Waals surface area (Å²) >= 11 is 0. The van der Waals surface area contributed by atoms with Crippen LogP contribution in [0, 0.1) is 0 Å². The maximum absolute atomic E-state index is 12.6. The molecule has 1 atom stereocenters. The second-order valence-electron chi connectivity index (χ2n) is 6.70. The first-order valence-corrected chi connectivity index (χ1v) is 9.07. The minimum Gasteiger partial charge on any atom is -0.356 e. The maximum Gasteiger partial charge on any atom is 0.327 e. The van der Waals surface area contributed by atoms with Gasteiger partial charge in [-0.25, -0.2) is 4.79 Å². The first kappa shape index (κ1) is 17.5. The van der Waals surface area contributed by atoms with Crippen LogP contribution in [0.1, 0.15) is 43.7 Å². The molecule has 2 aliphatic rings. The molecule has 1 N–H and O–H groups in total. The number of hydrogen-bond acceptors (Lipinski definition) is 3. The Morgan fingerprint density at radius 1 is 1.20 bits per heavy atom. The summed E-state index contributed by atoms with van der Waals surface area (Å²) in [5.41, 5.74) is 2.22. The van der Waals surface area contributed by atoms with Gasteiger partial charge in [0.05, 0.1) is 0 Å². The van der Waals surface area contributed by atoms with Gasteiger partial charge in [0.2, 0.25) is 5.91 Å². The Balaban J connectivity index is 1.56. The summed E-state index contributed by atoms with van der Waals surface area (Å²) in [6, 6.07) is 7.21. The second kappa shape index (κ2) is 7.68. The van der Waals surface area contributed by atoms with Crippen LogP contribution in [-0.4, -0.2) is 46.8 Å². The second-order valence-corrected chi connectivity index (χ2v) is 6.70. The lowest BCUT2D eigenvalue weighted by Crippen LogP contribution is -2.39. The van der Waals surface area contributed by atoms with E-state index in [0.29, 0.717) is 19.5 Å². The van der Waals surface area contributed by atoms with Gasteiger partial charge in [0.1, 0.15) is 6.04 Å². The molecule has 6 heteroatoms. The molecule has 1 fully saturated rings. The zero-order valence-corrected chi connectivity index (χ0v) is 14.7. The standard InChI is InChI=1S/C19H25N3O3/c1-2-3-6-10-20-17(23)9-11-21-18(24)16-12-14-7-4-5-8-15(14)13-22(16)19(21)25/h4-5,7-8,16H,2-3,6,9-13H2,1H3,(H,20,23)/t16-/m0/s1. The molecule has 25 heavy (non-hydrogen) atoms. The highest BCUT2D eigenvalue weighted by Crippen LogP contribution is 2.29. The number of imide groups is 1. The number of nitrogens with one attached hydrogen (secondary N) is 1. The SMILES string of the molecule is CCCCCNC(=O)CCN1C(=O)[C@@H]2Cc3ccccc3CN2C1=O. The Kier molecular flexibility index (Phi) is 5.36. The minimum absolute atomic E-state index is 0.107. The number of nitrogens with zero attached hydrogens (tertiary/aromatic N) is 2. The summed E-state index contributed by atoms with van der Waals surface area (Å²) in [5.74, 6) is -0.289. The van der Waals surface area contributed by atoms with E-state index in [2.05, 4.69) is 12.2 Å². The van der Waals surface area contributed by atoms with Crippen LogP contribution in [0.3, 0.4) is 0 Å². The van der Waals surface area contributed by atoms with Crippen molar-refractivity contribution in [2.45, 2.75) is 51.6 Å². The topological polar surface area (TPSA) is 69.7 Å². The number of hydrogen-bond donors (Lipinski definition) is 1. The van der Waals surface area contributed by atoms with Gasteiger partial charge in [-0.15, -0.1) is 0 Å². The molecule has 0 aromatic heterocycles. The molecule has 1 saturated heterocycles. The van der Waals surface area contributed by atoms with Gasteiger partial charge in [-0.1, -0.05) is 44.0 Å². The lowest BCUT2D eigenvalue weighted by Gasteiger charge is -2.28. The molecule has 6 nitrogen and oxygen atoms in total. The Bertz CT molecular complexity index is 631. The van der Waals surface area contributed by atoms with Crippen molar-refractivity contribution in [1.82, 2.24) is 15.1 Å². The van der Waals surface area contributed by atoms with E-state index in [9.17, 15) is 14.4 Å². The highest BCUT2D eigenvalue weighted by molar-refractivity contribution is 6.04. The molecule has 134 valence electrons. The van der Waals surface area contributed by atoms with Gasteiger partial charge in [-0.3, -0.25) is 14.5 Å². The smallest absolute Gasteiger partial charge is 0.327 e. The molecule has 4 amide bonds. The van der Waals surface area contributed by atoms with Crippen molar-refractivity contribution in [1.29, 1.82) is 0 Å². The summed E-state index contributed by atoms with van der Waals surface area (Å²) in [7, 11) is 0. The van der Waals surface area contributed by atoms with Crippen molar-refractivity contribution >= 4 is 17.8 Å². The number of rotatable bonds is 7. The summed E-state index contributed by atoms with van der Waals surface area (Å²) < 4.78 is 0. The van der Waals surface area contributed by atoms with Crippen LogP contribution in [0.5, 0.6) is 0 Å². The number of carbonyl (C=O) groups excluding carboxylic acids is 3. The molecule has 1 aromatic carbocycles. The summed E-state index contributed by atoms with van der Waals surface area (Å²) in [4.78, 5) is 39.9. The molecule has 0 aliphatic carbocycles. The van der Waals surface area contributed by atoms with E-state index in [1.807, 2.05) is 24.3 Å². The number of unbranched alkanes of at least 4 members (excludes halogenated alkanes) is 2. The average Bonchev–Trinajstić information content (AvgIpc) is 2.85. The minimum atomic E-state index is -0.421. The predicted molar refractivity (Wildman–Crippen MR) is 93.7 cm³/mol. The van der Waals surface area contributed by atoms with Crippen molar-refractivity contribution in [3.63, 3.8) is 0 Å². The number of fused-ring (bicyclic) bond motifs is 2. The quantitative estimate of drug-likeness (QED) is 0.609. The first-order chi connectivity index (χ1) is 12.1. The van der Waals surface area contributed by atoms with Crippen molar-refractivity contribution in [3.8, 4) is 0 Å². The van der Waals surface area contributed by atoms with E-state index >= 15 is 0 Å². The number of amides is 4. The molecule has 1 aromatic rings. The summed E-state index contributed by atoms with van der Waals surface area (Å²) in [5, 5.41) is 2.85. The Morgan fingerprint density at radius 2 is 1.96 bits per heavy atom. The fourth-order valence-electron chi connectivity index (χ4n) is 3.48. The van der Waals surface area contributed by atoms with Crippen molar-refractivity contribution in [2.24, 2.45) is 0 Å². The van der Waals surface area contributed by atoms with E-state index in [0.717, 1.165) is 30.4 Å². The Labute approximate surface area is 148 Å². The van der Waals surface area contributed by atoms with Crippen LogP contribution >= 0.6 is 0 Å². The van der Waals surface area contributed by atoms with Crippen LogP contribution in [-0.2, 0) is 22.6 Å². The molecule has 0 saturated carbocycles. The van der Waals surface area contributed by atoms with Gasteiger partial charge in [-0.2, -0.15) is 0 Å². The summed E-state index contributed by atoms with van der Waals surface area (Å²) in [6.07, 6.45) is 3.86. The van der Waals surface area contributed by atoms with Gasteiger partial charge in [0.25, 0.3) is 5.91 Å². The molecule has 0 spiro atoms. The summed E-state index contributed by atoms with van der Waals surface area (Å²) in [6.45, 7) is 3.38. The molecular formula is C19H25N3O3. The van der Waals surface area contributed by atoms with E-state index in [-0.39, 0.29) is 30.8 Å². The normalized spacial score (nSPS) is 19.0. The lowest BCUT2D eigenvalue weighted by atomic mass is 9.95. The maximum atomic E-state index is 12.6. The molecular weight excluding hydrogens is 318 g/mol. The third-order valence-electron chi connectivity index (χ3n) is 4.94. The third kappa shape index (κ3) is 3.67. The van der Waals surface area contributed by atoms with Crippen LogP contribution in [0.25, 0.3) is 0 Å². The molecule has 0 unspecified atom stereocenters. The molecule has 2 aliphatic heterocycles. The largest absolute Gasteiger partial charge is 0.356 e. The number of urea groups is 1. The lowest BCUT2D eigenvalue weighted by molar-refractivity contribution is -0.129. The van der Waals surface area contributed by atoms with E-state index in [1.54, 1.807) is 4.90 Å². The molecule has 0 bridgehead atoms. The highest BCUT2D eigenvalue weighted by atomic mass is 16.2. The van der Waals surface area contributed by atoms with Gasteiger partial charge in [0, 0.05) is 32.5 Å². The van der Waals surface area contributed by atoms with E-state index < -0.39 is 6.04 Å². The molecule has 3 rings (SSSR count). The molecule has 2 heterocycles. The van der Waals surface area contributed by atoms with Gasteiger partial charge in [0.15, 0.2) is 0 Å². The number of benzene rings is 1. The van der Waals surface area contributed by atoms with Gasteiger partial charge in [-0.05, 0) is 17.5 Å². The highest BCUT2D eigenvalue weighted by Gasteiger charge is 2.46. The van der Waals surface area contributed by atoms with Gasteiger partial charge >= 0.3 is 6.03 Å². The zero-order chi connectivity index (χ0) is 17.8. The molecule has 0 radical (unpaired) electrons. The van der Waals surface area contributed by atoms with Crippen LogP contribution in [0.15, 0.2) is 24.3 Å². The Hall–Kier alpha value is -2.37. The Morgan fingerprint density at radius 3 is 2.72 bits per heavy atom. The van der Waals surface area contributed by atoms with E-state index in [1.165, 1.54) is 4.90 Å². The fraction of sp³-hybridized carbons (Fsp3) is 0.526. The van der Waals surface area contributed by atoms with Crippen LogP contribution < -0.4 is 5.32 Å². The van der Waals surface area contributed by atoms with E-state index in [4.69, 9.17) is 0 Å².